The van der Waals surface area contributed by atoms with Crippen molar-refractivity contribution in [3.05, 3.63) is 22.2 Å². The van der Waals surface area contributed by atoms with E-state index in [0.717, 1.165) is 21.5 Å². The van der Waals surface area contributed by atoms with Crippen molar-refractivity contribution in [1.29, 1.82) is 0 Å². The predicted molar refractivity (Wildman–Crippen MR) is 77.8 cm³/mol. The van der Waals surface area contributed by atoms with E-state index in [-0.39, 0.29) is 19.3 Å². The molecule has 0 bridgehead atoms. The molecule has 0 fully saturated rings. The molecule has 0 saturated heterocycles. The van der Waals surface area contributed by atoms with Crippen LogP contribution in [0.4, 0.5) is 0 Å². The van der Waals surface area contributed by atoms with Gasteiger partial charge in [0.2, 0.25) is 6.79 Å². The molecule has 20 heavy (non-hydrogen) atoms. The molecule has 0 spiro atoms. The third-order valence-electron chi connectivity index (χ3n) is 2.55. The molecule has 2 rings (SSSR count). The normalized spacial score (nSPS) is 13.4. The molecule has 0 radical (unpaired) electrons. The van der Waals surface area contributed by atoms with Crippen LogP contribution in [0.25, 0.3) is 0 Å². The molecule has 0 amide bonds. The fourth-order valence-electron chi connectivity index (χ4n) is 1.77. The van der Waals surface area contributed by atoms with E-state index in [1.807, 2.05) is 32.9 Å². The first-order valence-electron chi connectivity index (χ1n) is 6.36. The molecule has 1 aromatic carbocycles. The lowest BCUT2D eigenvalue weighted by Crippen LogP contribution is -2.31. The van der Waals surface area contributed by atoms with Gasteiger partial charge >= 0.3 is 5.97 Å². The van der Waals surface area contributed by atoms with Crippen LogP contribution in [0.2, 0.25) is 0 Å². The highest BCUT2D eigenvalue weighted by Gasteiger charge is 2.18. The SMILES string of the molecule is CC(C)(C)OC(=O)CNCc1cc2c(cc1Br)OCO2. The van der Waals surface area contributed by atoms with Crippen molar-refractivity contribution in [1.82, 2.24) is 5.32 Å². The van der Waals surface area contributed by atoms with E-state index in [2.05, 4.69) is 21.2 Å². The van der Waals surface area contributed by atoms with Crippen molar-refractivity contribution in [3.8, 4) is 11.5 Å². The molecule has 1 aliphatic rings. The highest BCUT2D eigenvalue weighted by atomic mass is 79.9. The van der Waals surface area contributed by atoms with E-state index in [1.165, 1.54) is 0 Å². The number of ether oxygens (including phenoxy) is 3. The van der Waals surface area contributed by atoms with Crippen LogP contribution in [-0.4, -0.2) is 24.9 Å². The number of fused-ring (bicyclic) bond motifs is 1. The van der Waals surface area contributed by atoms with Crippen LogP contribution in [0.5, 0.6) is 11.5 Å². The summed E-state index contributed by atoms with van der Waals surface area (Å²) in [7, 11) is 0. The van der Waals surface area contributed by atoms with Gasteiger partial charge in [-0.3, -0.25) is 4.79 Å². The van der Waals surface area contributed by atoms with E-state index in [4.69, 9.17) is 14.2 Å². The van der Waals surface area contributed by atoms with Gasteiger partial charge in [0.25, 0.3) is 0 Å². The molecule has 1 heterocycles. The van der Waals surface area contributed by atoms with Crippen molar-refractivity contribution >= 4 is 21.9 Å². The summed E-state index contributed by atoms with van der Waals surface area (Å²) in [5.74, 6) is 1.18. The Morgan fingerprint density at radius 3 is 2.65 bits per heavy atom. The average Bonchev–Trinajstić information content (AvgIpc) is 2.73. The molecular formula is C14H18BrNO4. The van der Waals surface area contributed by atoms with Crippen LogP contribution in [0.1, 0.15) is 26.3 Å². The summed E-state index contributed by atoms with van der Waals surface area (Å²) in [6, 6.07) is 3.77. The third-order valence-corrected chi connectivity index (χ3v) is 3.28. The molecule has 1 aromatic rings. The number of rotatable bonds is 4. The van der Waals surface area contributed by atoms with Crippen molar-refractivity contribution in [3.63, 3.8) is 0 Å². The maximum atomic E-state index is 11.6. The summed E-state index contributed by atoms with van der Waals surface area (Å²) in [4.78, 5) is 11.6. The van der Waals surface area contributed by atoms with Gasteiger partial charge in [-0.15, -0.1) is 0 Å². The van der Waals surface area contributed by atoms with Gasteiger partial charge in [0, 0.05) is 11.0 Å². The molecule has 110 valence electrons. The second-order valence-electron chi connectivity index (χ2n) is 5.49. The number of nitrogens with one attached hydrogen (secondary N) is 1. The molecule has 5 nitrogen and oxygen atoms in total. The van der Waals surface area contributed by atoms with Gasteiger partial charge in [-0.1, -0.05) is 15.9 Å². The van der Waals surface area contributed by atoms with Crippen molar-refractivity contribution in [2.75, 3.05) is 13.3 Å². The van der Waals surface area contributed by atoms with Crippen LogP contribution >= 0.6 is 15.9 Å². The van der Waals surface area contributed by atoms with Crippen LogP contribution < -0.4 is 14.8 Å². The summed E-state index contributed by atoms with van der Waals surface area (Å²) in [5.41, 5.74) is 0.538. The Morgan fingerprint density at radius 1 is 1.35 bits per heavy atom. The van der Waals surface area contributed by atoms with Gasteiger partial charge in [-0.05, 0) is 38.5 Å². The van der Waals surface area contributed by atoms with Crippen LogP contribution in [0, 0.1) is 0 Å². The predicted octanol–water partition coefficient (Wildman–Crippen LogP) is 2.61. The summed E-state index contributed by atoms with van der Waals surface area (Å²) in [5, 5.41) is 3.06. The summed E-state index contributed by atoms with van der Waals surface area (Å²) in [6.07, 6.45) is 0. The minimum Gasteiger partial charge on any atom is -0.459 e. The maximum absolute atomic E-state index is 11.6. The van der Waals surface area contributed by atoms with Crippen LogP contribution in [-0.2, 0) is 16.1 Å². The van der Waals surface area contributed by atoms with Gasteiger partial charge in [0.1, 0.15) is 5.60 Å². The van der Waals surface area contributed by atoms with Gasteiger partial charge < -0.3 is 19.5 Å². The Morgan fingerprint density at radius 2 is 2.00 bits per heavy atom. The smallest absolute Gasteiger partial charge is 0.320 e. The maximum Gasteiger partial charge on any atom is 0.320 e. The fourth-order valence-corrected chi connectivity index (χ4v) is 2.23. The topological polar surface area (TPSA) is 56.8 Å². The molecule has 0 saturated carbocycles. The third kappa shape index (κ3) is 4.11. The highest BCUT2D eigenvalue weighted by Crippen LogP contribution is 2.36. The van der Waals surface area contributed by atoms with E-state index in [9.17, 15) is 4.79 Å². The first-order valence-corrected chi connectivity index (χ1v) is 7.15. The monoisotopic (exact) mass is 343 g/mol. The molecule has 0 unspecified atom stereocenters. The number of hydrogen-bond acceptors (Lipinski definition) is 5. The molecule has 0 atom stereocenters. The Kier molecular flexibility index (Phi) is 4.55. The highest BCUT2D eigenvalue weighted by molar-refractivity contribution is 9.10. The molecule has 0 aromatic heterocycles. The first-order chi connectivity index (χ1) is 9.35. The van der Waals surface area contributed by atoms with Crippen LogP contribution in [0.3, 0.4) is 0 Å². The minimum atomic E-state index is -0.460. The van der Waals surface area contributed by atoms with Gasteiger partial charge in [0.05, 0.1) is 6.54 Å². The van der Waals surface area contributed by atoms with Crippen molar-refractivity contribution in [2.24, 2.45) is 0 Å². The van der Waals surface area contributed by atoms with E-state index < -0.39 is 5.60 Å². The Hall–Kier alpha value is -1.27. The van der Waals surface area contributed by atoms with E-state index >= 15 is 0 Å². The lowest BCUT2D eigenvalue weighted by molar-refractivity contribution is -0.153. The molecule has 0 aliphatic carbocycles. The number of halogens is 1. The molecule has 1 N–H and O–H groups in total. The van der Waals surface area contributed by atoms with Gasteiger partial charge in [-0.2, -0.15) is 0 Å². The Balaban J connectivity index is 1.87. The Bertz CT molecular complexity index is 511. The van der Waals surface area contributed by atoms with Gasteiger partial charge in [0.15, 0.2) is 11.5 Å². The van der Waals surface area contributed by atoms with E-state index in [0.29, 0.717) is 6.54 Å². The second-order valence-corrected chi connectivity index (χ2v) is 6.34. The number of hydrogen-bond donors (Lipinski definition) is 1. The number of carbonyl (C=O) groups excluding carboxylic acids is 1. The zero-order valence-electron chi connectivity index (χ0n) is 11.8. The first kappa shape index (κ1) is 15.1. The van der Waals surface area contributed by atoms with Crippen molar-refractivity contribution < 1.29 is 19.0 Å². The fraction of sp³-hybridized carbons (Fsp3) is 0.500. The zero-order chi connectivity index (χ0) is 14.8. The summed E-state index contributed by atoms with van der Waals surface area (Å²) >= 11 is 3.47. The number of benzene rings is 1. The quantitative estimate of drug-likeness (QED) is 0.851. The molecular weight excluding hydrogens is 326 g/mol. The lowest BCUT2D eigenvalue weighted by Gasteiger charge is -2.19. The minimum absolute atomic E-state index is 0.165. The number of carbonyl (C=O) groups is 1. The molecule has 6 heteroatoms. The van der Waals surface area contributed by atoms with Crippen LogP contribution in [0.15, 0.2) is 16.6 Å². The van der Waals surface area contributed by atoms with Crippen molar-refractivity contribution in [2.45, 2.75) is 32.9 Å². The largest absolute Gasteiger partial charge is 0.459 e. The summed E-state index contributed by atoms with van der Waals surface area (Å²) < 4.78 is 16.7. The number of esters is 1. The van der Waals surface area contributed by atoms with Gasteiger partial charge in [-0.25, -0.2) is 0 Å². The lowest BCUT2D eigenvalue weighted by atomic mass is 10.2. The standard InChI is InChI=1S/C14H18BrNO4/c1-14(2,3)20-13(17)7-16-6-9-4-11-12(5-10(9)15)19-8-18-11/h4-5,16H,6-8H2,1-3H3. The molecule has 1 aliphatic heterocycles. The van der Waals surface area contributed by atoms with E-state index in [1.54, 1.807) is 0 Å². The Labute approximate surface area is 126 Å². The average molecular weight is 344 g/mol. The summed E-state index contributed by atoms with van der Waals surface area (Å²) in [6.45, 7) is 6.49. The zero-order valence-corrected chi connectivity index (χ0v) is 13.4. The second kappa shape index (κ2) is 6.01.